The zero-order valence-electron chi connectivity index (χ0n) is 16.4. The van der Waals surface area contributed by atoms with Crippen molar-refractivity contribution in [1.29, 1.82) is 0 Å². The van der Waals surface area contributed by atoms with Crippen LogP contribution in [0.3, 0.4) is 0 Å². The van der Waals surface area contributed by atoms with Gasteiger partial charge in [0.2, 0.25) is 5.91 Å². The van der Waals surface area contributed by atoms with Gasteiger partial charge in [0, 0.05) is 22.6 Å². The predicted molar refractivity (Wildman–Crippen MR) is 111 cm³/mol. The number of hydrogen-bond acceptors (Lipinski definition) is 4. The first-order valence-electron chi connectivity index (χ1n) is 8.56. The second kappa shape index (κ2) is 9.55. The van der Waals surface area contributed by atoms with Gasteiger partial charge in [0.1, 0.15) is 6.04 Å². The van der Waals surface area contributed by atoms with Crippen molar-refractivity contribution in [3.05, 3.63) is 35.9 Å². The van der Waals surface area contributed by atoms with Crippen molar-refractivity contribution in [3.8, 4) is 0 Å². The molecule has 0 aliphatic carbocycles. The topological polar surface area (TPSA) is 69.6 Å². The van der Waals surface area contributed by atoms with E-state index in [0.29, 0.717) is 12.3 Å². The molecule has 1 atom stereocenters. The molecule has 1 unspecified atom stereocenters. The number of nitrogens with one attached hydrogen (secondary N) is 1. The number of carboxylic acid groups (broad SMARTS) is 1. The first-order chi connectivity index (χ1) is 11.9. The summed E-state index contributed by atoms with van der Waals surface area (Å²) >= 11 is 0. The van der Waals surface area contributed by atoms with Gasteiger partial charge in [0.05, 0.1) is 0 Å². The van der Waals surface area contributed by atoms with Gasteiger partial charge in [-0.1, -0.05) is 72.7 Å². The molecule has 2 N–H and O–H groups in total. The van der Waals surface area contributed by atoms with Gasteiger partial charge in [-0.05, 0) is 26.3 Å². The van der Waals surface area contributed by atoms with Crippen molar-refractivity contribution < 1.29 is 14.7 Å². The molecule has 2 amide bonds. The molecule has 146 valence electrons. The molecule has 0 fully saturated rings. The first-order valence-corrected chi connectivity index (χ1v) is 10.9. The quantitative estimate of drug-likeness (QED) is 0.655. The van der Waals surface area contributed by atoms with E-state index in [0.717, 1.165) is 5.56 Å². The van der Waals surface area contributed by atoms with Gasteiger partial charge >= 0.3 is 6.09 Å². The Morgan fingerprint density at radius 3 is 2.15 bits per heavy atom. The molecule has 0 spiro atoms. The normalized spacial score (nSPS) is 13.2. The van der Waals surface area contributed by atoms with Crippen LogP contribution in [-0.2, 0) is 11.3 Å². The Balaban J connectivity index is 2.90. The van der Waals surface area contributed by atoms with Crippen molar-refractivity contribution in [3.63, 3.8) is 0 Å². The van der Waals surface area contributed by atoms with Gasteiger partial charge in [-0.2, -0.15) is 0 Å². The first kappa shape index (κ1) is 22.7. The number of carbonyl (C=O) groups excluding carboxylic acids is 1. The van der Waals surface area contributed by atoms with E-state index in [9.17, 15) is 14.7 Å². The summed E-state index contributed by atoms with van der Waals surface area (Å²) in [5.41, 5.74) is 0.307. The Hall–Kier alpha value is -1.34. The predicted octanol–water partition coefficient (Wildman–Crippen LogP) is 4.63. The molecule has 0 aliphatic rings. The monoisotopic (exact) mass is 398 g/mol. The third-order valence-corrected chi connectivity index (χ3v) is 6.72. The van der Waals surface area contributed by atoms with Crippen LogP contribution < -0.4 is 5.32 Å². The van der Waals surface area contributed by atoms with Crippen LogP contribution in [0, 0.1) is 0 Å². The maximum atomic E-state index is 12.8. The summed E-state index contributed by atoms with van der Waals surface area (Å²) < 4.78 is 0.0333. The van der Waals surface area contributed by atoms with Crippen LogP contribution in [0.2, 0.25) is 0 Å². The van der Waals surface area contributed by atoms with Gasteiger partial charge in [-0.25, -0.2) is 4.79 Å². The highest BCUT2D eigenvalue weighted by Crippen LogP contribution is 2.36. The molecule has 5 nitrogen and oxygen atoms in total. The SMILES string of the molecule is CC(C)(C)SSCC(C(=O)NCc1ccccc1)N(C(=O)O)C(C)(C)C. The number of amides is 2. The zero-order chi connectivity index (χ0) is 20.0. The molecule has 1 aromatic rings. The minimum absolute atomic E-state index is 0.0333. The average molecular weight is 399 g/mol. The summed E-state index contributed by atoms with van der Waals surface area (Å²) in [5, 5.41) is 12.6. The largest absolute Gasteiger partial charge is 0.465 e. The van der Waals surface area contributed by atoms with Crippen molar-refractivity contribution in [2.75, 3.05) is 5.75 Å². The minimum Gasteiger partial charge on any atom is -0.465 e. The molecule has 0 saturated carbocycles. The molecule has 1 aromatic carbocycles. The lowest BCUT2D eigenvalue weighted by Gasteiger charge is -2.38. The summed E-state index contributed by atoms with van der Waals surface area (Å²) in [6, 6.07) is 8.84. The number of rotatable bonds is 7. The summed E-state index contributed by atoms with van der Waals surface area (Å²) in [6.45, 7) is 12.1. The molecule has 26 heavy (non-hydrogen) atoms. The Bertz CT molecular complexity index is 595. The zero-order valence-corrected chi connectivity index (χ0v) is 18.0. The van der Waals surface area contributed by atoms with Crippen LogP contribution in [0.15, 0.2) is 30.3 Å². The fourth-order valence-corrected chi connectivity index (χ4v) is 4.84. The van der Waals surface area contributed by atoms with E-state index in [1.807, 2.05) is 30.3 Å². The van der Waals surface area contributed by atoms with Crippen molar-refractivity contribution in [2.24, 2.45) is 0 Å². The van der Waals surface area contributed by atoms with E-state index >= 15 is 0 Å². The molecule has 0 aromatic heterocycles. The minimum atomic E-state index is -1.08. The smallest absolute Gasteiger partial charge is 0.408 e. The van der Waals surface area contributed by atoms with Crippen LogP contribution >= 0.6 is 21.6 Å². The van der Waals surface area contributed by atoms with Crippen LogP contribution in [0.4, 0.5) is 4.79 Å². The molecular weight excluding hydrogens is 368 g/mol. The lowest BCUT2D eigenvalue weighted by molar-refractivity contribution is -0.126. The Morgan fingerprint density at radius 2 is 1.69 bits per heavy atom. The van der Waals surface area contributed by atoms with E-state index in [2.05, 4.69) is 26.1 Å². The van der Waals surface area contributed by atoms with E-state index in [4.69, 9.17) is 0 Å². The number of hydrogen-bond donors (Lipinski definition) is 2. The average Bonchev–Trinajstić information content (AvgIpc) is 2.49. The summed E-state index contributed by atoms with van der Waals surface area (Å²) in [5.74, 6) is 0.125. The van der Waals surface area contributed by atoms with Crippen LogP contribution in [0.1, 0.15) is 47.1 Å². The lowest BCUT2D eigenvalue weighted by atomic mass is 10.0. The van der Waals surface area contributed by atoms with Crippen molar-refractivity contribution >= 4 is 33.6 Å². The van der Waals surface area contributed by atoms with Gasteiger partial charge < -0.3 is 10.4 Å². The molecular formula is C19H30N2O3S2. The lowest BCUT2D eigenvalue weighted by Crippen LogP contribution is -2.57. The highest BCUT2D eigenvalue weighted by molar-refractivity contribution is 8.77. The molecule has 0 bridgehead atoms. The molecule has 0 aliphatic heterocycles. The molecule has 0 heterocycles. The van der Waals surface area contributed by atoms with E-state index in [-0.39, 0.29) is 10.7 Å². The number of nitrogens with zero attached hydrogens (tertiary/aromatic N) is 1. The van der Waals surface area contributed by atoms with Gasteiger partial charge in [0.15, 0.2) is 0 Å². The van der Waals surface area contributed by atoms with Crippen LogP contribution in [-0.4, -0.2) is 44.1 Å². The van der Waals surface area contributed by atoms with E-state index < -0.39 is 17.7 Å². The van der Waals surface area contributed by atoms with Crippen LogP contribution in [0.5, 0.6) is 0 Å². The van der Waals surface area contributed by atoms with Gasteiger partial charge in [-0.3, -0.25) is 9.69 Å². The maximum Gasteiger partial charge on any atom is 0.408 e. The van der Waals surface area contributed by atoms with Crippen LogP contribution in [0.25, 0.3) is 0 Å². The van der Waals surface area contributed by atoms with Gasteiger partial charge in [0.25, 0.3) is 0 Å². The van der Waals surface area contributed by atoms with Crippen molar-refractivity contribution in [1.82, 2.24) is 10.2 Å². The standard InChI is InChI=1S/C19H30N2O3S2/c1-18(2,3)21(17(23)24)15(13-25-26-19(4,5)6)16(22)20-12-14-10-8-7-9-11-14/h7-11,15H,12-13H2,1-6H3,(H,20,22)(H,23,24). The Kier molecular flexibility index (Phi) is 8.34. The molecule has 0 radical (unpaired) electrons. The van der Waals surface area contributed by atoms with Crippen molar-refractivity contribution in [2.45, 2.75) is 64.4 Å². The van der Waals surface area contributed by atoms with E-state index in [1.54, 1.807) is 31.6 Å². The molecule has 0 saturated heterocycles. The molecule has 7 heteroatoms. The Labute approximate surface area is 164 Å². The summed E-state index contributed by atoms with van der Waals surface area (Å²) in [4.78, 5) is 25.9. The second-order valence-electron chi connectivity index (χ2n) is 8.02. The summed E-state index contributed by atoms with van der Waals surface area (Å²) in [7, 11) is 3.18. The third kappa shape index (κ3) is 7.91. The van der Waals surface area contributed by atoms with E-state index in [1.165, 1.54) is 15.7 Å². The summed E-state index contributed by atoms with van der Waals surface area (Å²) in [6.07, 6.45) is -1.08. The fourth-order valence-electron chi connectivity index (χ4n) is 2.33. The second-order valence-corrected chi connectivity index (χ2v) is 11.2. The molecule has 1 rings (SSSR count). The highest BCUT2D eigenvalue weighted by Gasteiger charge is 2.37. The Morgan fingerprint density at radius 1 is 1.12 bits per heavy atom. The maximum absolute atomic E-state index is 12.8. The number of benzene rings is 1. The highest BCUT2D eigenvalue weighted by atomic mass is 33.1. The number of carbonyl (C=O) groups is 2. The van der Waals surface area contributed by atoms with Gasteiger partial charge in [-0.15, -0.1) is 0 Å². The fraction of sp³-hybridized carbons (Fsp3) is 0.579. The third-order valence-electron chi connectivity index (χ3n) is 3.39.